The standard InChI is InChI=1S/C22H28N4O3/c1-12-4-8-19(23-12)22(28)25-20-10-15(21-13(2)26-29-14(21)3)5-9-18(20)24-16-6-7-17(27)11-16/h5,9-10,16-17,19,23-24,27H,1,4,6-8,11H2,2-3H3,(H,25,28)/t16-,17?,19+/m1/s1. The van der Waals surface area contributed by atoms with E-state index in [-0.39, 0.29) is 24.1 Å². The summed E-state index contributed by atoms with van der Waals surface area (Å²) in [5.74, 6) is 0.669. The maximum atomic E-state index is 12.8. The minimum atomic E-state index is -0.272. The third-order valence-corrected chi connectivity index (χ3v) is 5.79. The highest BCUT2D eigenvalue weighted by Gasteiger charge is 2.27. The third kappa shape index (κ3) is 4.15. The minimum absolute atomic E-state index is 0.0749. The SMILES string of the molecule is C=C1CC[C@@H](C(=O)Nc2cc(-c3c(C)noc3C)ccc2N[C@@H]2CCC(O)C2)N1. The van der Waals surface area contributed by atoms with Crippen molar-refractivity contribution in [1.82, 2.24) is 10.5 Å². The Morgan fingerprint density at radius 3 is 2.72 bits per heavy atom. The van der Waals surface area contributed by atoms with E-state index in [1.165, 1.54) is 0 Å². The lowest BCUT2D eigenvalue weighted by atomic mass is 10.0. The molecule has 7 heteroatoms. The predicted molar refractivity (Wildman–Crippen MR) is 113 cm³/mol. The molecule has 2 aliphatic rings. The van der Waals surface area contributed by atoms with Crippen LogP contribution in [0.25, 0.3) is 11.1 Å². The second kappa shape index (κ2) is 7.91. The Morgan fingerprint density at radius 1 is 1.28 bits per heavy atom. The summed E-state index contributed by atoms with van der Waals surface area (Å²) < 4.78 is 5.31. The number of anilines is 2. The normalized spacial score (nSPS) is 23.8. The molecule has 29 heavy (non-hydrogen) atoms. The quantitative estimate of drug-likeness (QED) is 0.617. The second-order valence-corrected chi connectivity index (χ2v) is 8.10. The molecule has 2 fully saturated rings. The van der Waals surface area contributed by atoms with Crippen molar-refractivity contribution in [3.63, 3.8) is 0 Å². The highest BCUT2D eigenvalue weighted by molar-refractivity contribution is 5.99. The van der Waals surface area contributed by atoms with Crippen LogP contribution in [0.15, 0.2) is 35.0 Å². The number of aryl methyl sites for hydroxylation is 2. The number of hydrogen-bond donors (Lipinski definition) is 4. The molecule has 1 aliphatic carbocycles. The summed E-state index contributed by atoms with van der Waals surface area (Å²) in [6.45, 7) is 7.70. The first-order valence-corrected chi connectivity index (χ1v) is 10.2. The van der Waals surface area contributed by atoms with Crippen LogP contribution < -0.4 is 16.0 Å². The van der Waals surface area contributed by atoms with Crippen LogP contribution >= 0.6 is 0 Å². The molecule has 1 saturated carbocycles. The smallest absolute Gasteiger partial charge is 0.246 e. The van der Waals surface area contributed by atoms with Crippen LogP contribution in [-0.2, 0) is 4.79 Å². The lowest BCUT2D eigenvalue weighted by Crippen LogP contribution is -2.35. The number of aliphatic hydroxyl groups excluding tert-OH is 1. The van der Waals surface area contributed by atoms with Crippen molar-refractivity contribution >= 4 is 17.3 Å². The van der Waals surface area contributed by atoms with E-state index in [0.717, 1.165) is 59.6 Å². The summed E-state index contributed by atoms with van der Waals surface area (Å²) in [5.41, 5.74) is 5.16. The van der Waals surface area contributed by atoms with Crippen LogP contribution in [0.4, 0.5) is 11.4 Å². The van der Waals surface area contributed by atoms with Crippen LogP contribution in [0.1, 0.15) is 43.6 Å². The van der Waals surface area contributed by atoms with Gasteiger partial charge in [0.15, 0.2) is 0 Å². The van der Waals surface area contributed by atoms with Crippen LogP contribution in [-0.4, -0.2) is 34.4 Å². The Morgan fingerprint density at radius 2 is 2.10 bits per heavy atom. The number of amides is 1. The molecule has 1 amide bonds. The fourth-order valence-corrected chi connectivity index (χ4v) is 4.26. The van der Waals surface area contributed by atoms with Gasteiger partial charge in [0.1, 0.15) is 11.8 Å². The average Bonchev–Trinajstić information content (AvgIpc) is 3.38. The number of nitrogens with zero attached hydrogens (tertiary/aromatic N) is 1. The van der Waals surface area contributed by atoms with Crippen LogP contribution in [0.2, 0.25) is 0 Å². The number of hydrogen-bond acceptors (Lipinski definition) is 6. The van der Waals surface area contributed by atoms with Gasteiger partial charge >= 0.3 is 0 Å². The van der Waals surface area contributed by atoms with Crippen LogP contribution in [0, 0.1) is 13.8 Å². The maximum absolute atomic E-state index is 12.8. The molecule has 1 unspecified atom stereocenters. The number of aromatic nitrogens is 1. The predicted octanol–water partition coefficient (Wildman–Crippen LogP) is 3.49. The van der Waals surface area contributed by atoms with Gasteiger partial charge in [-0.15, -0.1) is 0 Å². The van der Waals surface area contributed by atoms with Gasteiger partial charge in [-0.3, -0.25) is 4.79 Å². The first-order valence-electron chi connectivity index (χ1n) is 10.2. The Bertz CT molecular complexity index is 917. The van der Waals surface area contributed by atoms with Crippen molar-refractivity contribution in [3.8, 4) is 11.1 Å². The highest BCUT2D eigenvalue weighted by atomic mass is 16.5. The molecule has 4 N–H and O–H groups in total. The Hall–Kier alpha value is -2.80. The van der Waals surface area contributed by atoms with Crippen molar-refractivity contribution in [1.29, 1.82) is 0 Å². The van der Waals surface area contributed by atoms with Gasteiger partial charge in [-0.05, 0) is 63.6 Å². The molecule has 154 valence electrons. The third-order valence-electron chi connectivity index (χ3n) is 5.79. The van der Waals surface area contributed by atoms with Crippen molar-refractivity contribution < 1.29 is 14.4 Å². The Balaban J connectivity index is 1.63. The van der Waals surface area contributed by atoms with Crippen molar-refractivity contribution in [2.75, 3.05) is 10.6 Å². The van der Waals surface area contributed by atoms with E-state index in [1.807, 2.05) is 32.0 Å². The second-order valence-electron chi connectivity index (χ2n) is 8.10. The molecule has 1 aromatic carbocycles. The zero-order chi connectivity index (χ0) is 20.5. The molecule has 0 spiro atoms. The van der Waals surface area contributed by atoms with E-state index in [2.05, 4.69) is 27.7 Å². The molecule has 1 aromatic heterocycles. The Labute approximate surface area is 170 Å². The molecule has 0 bridgehead atoms. The summed E-state index contributed by atoms with van der Waals surface area (Å²) in [4.78, 5) is 12.8. The summed E-state index contributed by atoms with van der Waals surface area (Å²) in [7, 11) is 0. The lowest BCUT2D eigenvalue weighted by Gasteiger charge is -2.20. The highest BCUT2D eigenvalue weighted by Crippen LogP contribution is 2.34. The van der Waals surface area contributed by atoms with E-state index in [9.17, 15) is 9.90 Å². The van der Waals surface area contributed by atoms with Gasteiger partial charge in [-0.2, -0.15) is 0 Å². The first-order chi connectivity index (χ1) is 13.9. The molecule has 2 heterocycles. The average molecular weight is 396 g/mol. The topological polar surface area (TPSA) is 99.4 Å². The fraction of sp³-hybridized carbons (Fsp3) is 0.455. The van der Waals surface area contributed by atoms with Crippen molar-refractivity contribution in [2.45, 2.75) is 64.1 Å². The van der Waals surface area contributed by atoms with E-state index in [1.54, 1.807) is 0 Å². The lowest BCUT2D eigenvalue weighted by molar-refractivity contribution is -0.117. The van der Waals surface area contributed by atoms with E-state index >= 15 is 0 Å². The largest absolute Gasteiger partial charge is 0.393 e. The van der Waals surface area contributed by atoms with Crippen LogP contribution in [0.3, 0.4) is 0 Å². The van der Waals surface area contributed by atoms with Gasteiger partial charge < -0.3 is 25.6 Å². The minimum Gasteiger partial charge on any atom is -0.393 e. The van der Waals surface area contributed by atoms with E-state index < -0.39 is 0 Å². The monoisotopic (exact) mass is 396 g/mol. The molecule has 1 saturated heterocycles. The van der Waals surface area contributed by atoms with Gasteiger partial charge in [-0.25, -0.2) is 0 Å². The number of benzene rings is 1. The van der Waals surface area contributed by atoms with Crippen molar-refractivity contribution in [2.24, 2.45) is 0 Å². The molecule has 3 atom stereocenters. The number of carbonyl (C=O) groups excluding carboxylic acids is 1. The van der Waals surface area contributed by atoms with Crippen LogP contribution in [0.5, 0.6) is 0 Å². The number of allylic oxidation sites excluding steroid dienone is 1. The first kappa shape index (κ1) is 19.5. The molecular weight excluding hydrogens is 368 g/mol. The summed E-state index contributed by atoms with van der Waals surface area (Å²) in [5, 5.41) is 23.6. The maximum Gasteiger partial charge on any atom is 0.246 e. The number of carbonyl (C=O) groups is 1. The van der Waals surface area contributed by atoms with E-state index in [4.69, 9.17) is 4.52 Å². The van der Waals surface area contributed by atoms with E-state index in [0.29, 0.717) is 12.1 Å². The summed E-state index contributed by atoms with van der Waals surface area (Å²) in [6, 6.07) is 5.86. The van der Waals surface area contributed by atoms with Gasteiger partial charge in [-0.1, -0.05) is 17.8 Å². The van der Waals surface area contributed by atoms with Gasteiger partial charge in [0.2, 0.25) is 5.91 Å². The molecule has 7 nitrogen and oxygen atoms in total. The zero-order valence-electron chi connectivity index (χ0n) is 16.9. The van der Waals surface area contributed by atoms with Gasteiger partial charge in [0.25, 0.3) is 0 Å². The summed E-state index contributed by atoms with van der Waals surface area (Å²) >= 11 is 0. The number of aliphatic hydroxyl groups is 1. The Kier molecular flexibility index (Phi) is 5.32. The molecule has 0 radical (unpaired) electrons. The molecular formula is C22H28N4O3. The van der Waals surface area contributed by atoms with Gasteiger partial charge in [0.05, 0.1) is 23.2 Å². The fourth-order valence-electron chi connectivity index (χ4n) is 4.26. The van der Waals surface area contributed by atoms with Gasteiger partial charge in [0, 0.05) is 17.3 Å². The molecule has 2 aromatic rings. The summed E-state index contributed by atoms with van der Waals surface area (Å²) in [6.07, 6.45) is 3.70. The molecule has 4 rings (SSSR count). The zero-order valence-corrected chi connectivity index (χ0v) is 16.9. The number of nitrogens with one attached hydrogen (secondary N) is 3. The number of rotatable bonds is 5. The van der Waals surface area contributed by atoms with Crippen molar-refractivity contribution in [3.05, 3.63) is 41.9 Å². The molecule has 1 aliphatic heterocycles.